The summed E-state index contributed by atoms with van der Waals surface area (Å²) < 4.78 is 5.47. The highest BCUT2D eigenvalue weighted by atomic mass is 16.5. The Morgan fingerprint density at radius 3 is 0.889 bits per heavy atom. The number of nitrogens with one attached hydrogen (secondary N) is 1. The molecule has 6 nitrogen and oxygen atoms in total. The third-order valence-corrected chi connectivity index (χ3v) is 19.4. The van der Waals surface area contributed by atoms with Crippen LogP contribution in [0.15, 0.2) is 36.5 Å². The zero-order chi connectivity index (χ0) is 64.9. The molecule has 1 amide bonds. The van der Waals surface area contributed by atoms with E-state index in [-0.39, 0.29) is 18.5 Å². The van der Waals surface area contributed by atoms with Gasteiger partial charge in [-0.1, -0.05) is 410 Å². The third kappa shape index (κ3) is 75.1. The lowest BCUT2D eigenvalue weighted by Gasteiger charge is -2.22. The van der Waals surface area contributed by atoms with Crippen LogP contribution in [0.3, 0.4) is 0 Å². The van der Waals surface area contributed by atoms with Crippen LogP contribution >= 0.6 is 0 Å². The standard InChI is InChI=1S/C84H161NO5/c1-3-5-7-9-11-13-15-16-17-18-19-20-21-35-38-41-44-47-50-53-57-60-64-68-72-76-82(87)81(80-86)85-83(88)77-73-69-65-61-58-54-51-48-45-42-39-36-33-31-29-27-25-23-22-24-26-28-30-32-34-37-40-43-46-49-52-55-59-63-67-71-75-79-90-84(89)78-74-70-66-62-56-14-12-10-8-6-4-2/h10,12,22,24,28,30,81-82,86-87H,3-9,11,13-21,23,25-27,29,31-80H2,1-2H3,(H,85,88)/b12-10-,24-22-,30-28-. The monoisotopic (exact) mass is 1260 g/mol. The van der Waals surface area contributed by atoms with Gasteiger partial charge in [0.2, 0.25) is 5.91 Å². The zero-order valence-corrected chi connectivity index (χ0v) is 61.1. The van der Waals surface area contributed by atoms with Crippen molar-refractivity contribution in [1.29, 1.82) is 0 Å². The zero-order valence-electron chi connectivity index (χ0n) is 61.1. The van der Waals surface area contributed by atoms with Gasteiger partial charge < -0.3 is 20.3 Å². The van der Waals surface area contributed by atoms with Crippen LogP contribution in [0.25, 0.3) is 0 Å². The maximum absolute atomic E-state index is 12.6. The van der Waals surface area contributed by atoms with Gasteiger partial charge in [-0.05, 0) is 77.0 Å². The number of rotatable bonds is 78. The molecular weight excluding hydrogens is 1100 g/mol. The predicted octanol–water partition coefficient (Wildman–Crippen LogP) is 27.4. The van der Waals surface area contributed by atoms with Gasteiger partial charge in [0.15, 0.2) is 0 Å². The van der Waals surface area contributed by atoms with Crippen molar-refractivity contribution in [2.45, 2.75) is 475 Å². The van der Waals surface area contributed by atoms with Gasteiger partial charge in [0.05, 0.1) is 25.4 Å². The van der Waals surface area contributed by atoms with Crippen molar-refractivity contribution in [2.75, 3.05) is 13.2 Å². The average molecular weight is 1270 g/mol. The first-order valence-corrected chi connectivity index (χ1v) is 41.2. The lowest BCUT2D eigenvalue weighted by Crippen LogP contribution is -2.45. The summed E-state index contributed by atoms with van der Waals surface area (Å²) in [6.07, 6.45) is 104. The number of esters is 1. The van der Waals surface area contributed by atoms with Crippen LogP contribution in [0.2, 0.25) is 0 Å². The summed E-state index contributed by atoms with van der Waals surface area (Å²) in [5.41, 5.74) is 0. The number of ether oxygens (including phenoxy) is 1. The summed E-state index contributed by atoms with van der Waals surface area (Å²) in [6.45, 7) is 4.96. The van der Waals surface area contributed by atoms with Crippen molar-refractivity contribution in [3.63, 3.8) is 0 Å². The number of carbonyl (C=O) groups excluding carboxylic acids is 2. The normalized spacial score (nSPS) is 12.6. The summed E-state index contributed by atoms with van der Waals surface area (Å²) in [5.74, 6) is -0.0181. The van der Waals surface area contributed by atoms with Gasteiger partial charge in [-0.25, -0.2) is 0 Å². The van der Waals surface area contributed by atoms with Crippen LogP contribution < -0.4 is 5.32 Å². The Morgan fingerprint density at radius 1 is 0.311 bits per heavy atom. The molecular formula is C84H161NO5. The molecule has 0 spiro atoms. The minimum Gasteiger partial charge on any atom is -0.466 e. The van der Waals surface area contributed by atoms with Gasteiger partial charge in [0.1, 0.15) is 0 Å². The number of hydrogen-bond acceptors (Lipinski definition) is 5. The molecule has 0 fully saturated rings. The highest BCUT2D eigenvalue weighted by molar-refractivity contribution is 5.76. The molecule has 0 aromatic carbocycles. The Labute approximate surface area is 564 Å². The van der Waals surface area contributed by atoms with Gasteiger partial charge in [-0.3, -0.25) is 9.59 Å². The maximum atomic E-state index is 12.6. The fraction of sp³-hybridized carbons (Fsp3) is 0.905. The Bertz CT molecular complexity index is 1460. The second kappa shape index (κ2) is 79.5. The van der Waals surface area contributed by atoms with Crippen molar-refractivity contribution < 1.29 is 24.5 Å². The van der Waals surface area contributed by atoms with Gasteiger partial charge in [-0.15, -0.1) is 0 Å². The van der Waals surface area contributed by atoms with Crippen molar-refractivity contribution in [3.05, 3.63) is 36.5 Å². The van der Waals surface area contributed by atoms with Crippen LogP contribution in [0, 0.1) is 0 Å². The van der Waals surface area contributed by atoms with Crippen molar-refractivity contribution in [1.82, 2.24) is 5.32 Å². The quantitative estimate of drug-likeness (QED) is 0.0320. The summed E-state index contributed by atoms with van der Waals surface area (Å²) in [7, 11) is 0. The van der Waals surface area contributed by atoms with Crippen LogP contribution in [0.5, 0.6) is 0 Å². The summed E-state index contributed by atoms with van der Waals surface area (Å²) in [4.78, 5) is 24.6. The second-order valence-corrected chi connectivity index (χ2v) is 28.5. The van der Waals surface area contributed by atoms with E-state index in [1.807, 2.05) is 0 Å². The van der Waals surface area contributed by atoms with E-state index in [4.69, 9.17) is 4.74 Å². The van der Waals surface area contributed by atoms with Gasteiger partial charge in [-0.2, -0.15) is 0 Å². The predicted molar refractivity (Wildman–Crippen MR) is 398 cm³/mol. The van der Waals surface area contributed by atoms with E-state index in [0.29, 0.717) is 25.9 Å². The van der Waals surface area contributed by atoms with Crippen molar-refractivity contribution in [3.8, 4) is 0 Å². The number of unbranched alkanes of at least 4 members (excludes halogenated alkanes) is 61. The molecule has 0 aromatic heterocycles. The summed E-state index contributed by atoms with van der Waals surface area (Å²) >= 11 is 0. The smallest absolute Gasteiger partial charge is 0.305 e. The first-order chi connectivity index (χ1) is 44.5. The Kier molecular flexibility index (Phi) is 77.8. The first kappa shape index (κ1) is 88.1. The van der Waals surface area contributed by atoms with E-state index < -0.39 is 12.1 Å². The fourth-order valence-corrected chi connectivity index (χ4v) is 13.1. The summed E-state index contributed by atoms with van der Waals surface area (Å²) in [6, 6.07) is -0.541. The van der Waals surface area contributed by atoms with Crippen molar-refractivity contribution >= 4 is 11.9 Å². The van der Waals surface area contributed by atoms with E-state index in [9.17, 15) is 19.8 Å². The Balaban J connectivity index is 3.37. The molecule has 0 aliphatic carbocycles. The molecule has 2 unspecified atom stereocenters. The summed E-state index contributed by atoms with van der Waals surface area (Å²) in [5, 5.41) is 23.5. The molecule has 0 aliphatic heterocycles. The maximum Gasteiger partial charge on any atom is 0.305 e. The highest BCUT2D eigenvalue weighted by Gasteiger charge is 2.20. The van der Waals surface area contributed by atoms with Crippen LogP contribution in [-0.4, -0.2) is 47.4 Å². The van der Waals surface area contributed by atoms with E-state index in [1.165, 1.54) is 379 Å². The van der Waals surface area contributed by atoms with E-state index in [1.54, 1.807) is 0 Å². The number of aliphatic hydroxyl groups is 2. The number of carbonyl (C=O) groups is 2. The van der Waals surface area contributed by atoms with E-state index in [2.05, 4.69) is 55.6 Å². The molecule has 0 bridgehead atoms. The molecule has 0 saturated heterocycles. The lowest BCUT2D eigenvalue weighted by atomic mass is 10.0. The minimum absolute atomic E-state index is 0.00824. The molecule has 2 atom stereocenters. The van der Waals surface area contributed by atoms with Crippen LogP contribution in [0.1, 0.15) is 463 Å². The molecule has 0 heterocycles. The van der Waals surface area contributed by atoms with E-state index in [0.717, 1.165) is 51.4 Å². The molecule has 532 valence electrons. The highest BCUT2D eigenvalue weighted by Crippen LogP contribution is 2.20. The van der Waals surface area contributed by atoms with Crippen LogP contribution in [-0.2, 0) is 14.3 Å². The third-order valence-electron chi connectivity index (χ3n) is 19.4. The topological polar surface area (TPSA) is 95.9 Å². The number of amides is 1. The molecule has 0 aliphatic rings. The molecule has 0 radical (unpaired) electrons. The molecule has 3 N–H and O–H groups in total. The largest absolute Gasteiger partial charge is 0.466 e. The first-order valence-electron chi connectivity index (χ1n) is 41.2. The fourth-order valence-electron chi connectivity index (χ4n) is 13.1. The van der Waals surface area contributed by atoms with Gasteiger partial charge >= 0.3 is 5.97 Å². The van der Waals surface area contributed by atoms with E-state index >= 15 is 0 Å². The second-order valence-electron chi connectivity index (χ2n) is 28.5. The molecule has 90 heavy (non-hydrogen) atoms. The molecule has 0 aromatic rings. The van der Waals surface area contributed by atoms with Gasteiger partial charge in [0.25, 0.3) is 0 Å². The van der Waals surface area contributed by atoms with Crippen molar-refractivity contribution in [2.24, 2.45) is 0 Å². The SMILES string of the molecule is CCCC/C=C\CCCCCCCC(=O)OCCCCCCCCCCCCCCC/C=C\C/C=C\CCCCCCCCCCCCCCCCCCCC(=O)NC(CO)C(O)CCCCCCCCCCCCCCCCCCCCCCCCCCC. The number of aliphatic hydroxyl groups excluding tert-OH is 2. The molecule has 0 rings (SSSR count). The molecule has 0 saturated carbocycles. The number of hydrogen-bond donors (Lipinski definition) is 3. The van der Waals surface area contributed by atoms with Gasteiger partial charge in [0, 0.05) is 12.8 Å². The Morgan fingerprint density at radius 2 is 0.567 bits per heavy atom. The van der Waals surface area contributed by atoms with Crippen LogP contribution in [0.4, 0.5) is 0 Å². The molecule has 6 heteroatoms. The Hall–Kier alpha value is -1.92. The number of allylic oxidation sites excluding steroid dienone is 6. The average Bonchev–Trinajstić information content (AvgIpc) is 3.62. The minimum atomic E-state index is -0.664. The lowest BCUT2D eigenvalue weighted by molar-refractivity contribution is -0.143.